The average molecular weight is 382 g/mol. The summed E-state index contributed by atoms with van der Waals surface area (Å²) in [5.74, 6) is 0. The Morgan fingerprint density at radius 3 is 1.50 bits per heavy atom. The van der Waals surface area contributed by atoms with Gasteiger partial charge in [-0.05, 0) is 17.8 Å². The summed E-state index contributed by atoms with van der Waals surface area (Å²) in [5, 5.41) is 0. The van der Waals surface area contributed by atoms with Crippen molar-refractivity contribution in [2.75, 3.05) is 0 Å². The van der Waals surface area contributed by atoms with Crippen LogP contribution >= 0.6 is 31.9 Å². The first-order valence-electron chi connectivity index (χ1n) is 7.76. The van der Waals surface area contributed by atoms with Crippen LogP contribution in [-0.2, 0) is 0 Å². The molecule has 0 aromatic rings. The van der Waals surface area contributed by atoms with Gasteiger partial charge in [0.2, 0.25) is 0 Å². The Morgan fingerprint density at radius 1 is 0.722 bits per heavy atom. The van der Waals surface area contributed by atoms with E-state index in [-0.39, 0.29) is 0 Å². The zero-order valence-electron chi connectivity index (χ0n) is 12.0. The minimum atomic E-state index is 1.18. The van der Waals surface area contributed by atoms with E-state index in [4.69, 9.17) is 0 Å². The van der Waals surface area contributed by atoms with Gasteiger partial charge in [-0.25, -0.2) is 0 Å². The number of rotatable bonds is 13. The van der Waals surface area contributed by atoms with Crippen molar-refractivity contribution in [3.8, 4) is 0 Å². The van der Waals surface area contributed by atoms with E-state index in [0.29, 0.717) is 0 Å². The van der Waals surface area contributed by atoms with Crippen LogP contribution in [0.5, 0.6) is 0 Å². The molecule has 0 rings (SSSR count). The number of allylic oxidation sites excluding steroid dienone is 1. The molecular formula is C16H30Br2. The molecule has 108 valence electrons. The summed E-state index contributed by atoms with van der Waals surface area (Å²) < 4.78 is 1.29. The van der Waals surface area contributed by atoms with Crippen molar-refractivity contribution in [3.05, 3.63) is 9.47 Å². The van der Waals surface area contributed by atoms with Crippen molar-refractivity contribution in [2.24, 2.45) is 0 Å². The standard InChI is InChI=1S/C16H30Br2/c1-2-3-4-5-6-7-8-9-10-11-12-13-14-16(18)15-17/h15H,2-14H2,1H3. The van der Waals surface area contributed by atoms with Crippen LogP contribution in [0.15, 0.2) is 9.47 Å². The zero-order chi connectivity index (χ0) is 13.5. The largest absolute Gasteiger partial charge is 0.0654 e. The third-order valence-electron chi connectivity index (χ3n) is 3.39. The third kappa shape index (κ3) is 14.8. The molecule has 0 aromatic carbocycles. The van der Waals surface area contributed by atoms with Crippen LogP contribution < -0.4 is 0 Å². The first-order chi connectivity index (χ1) is 8.81. The minimum absolute atomic E-state index is 1.18. The number of halogens is 2. The molecule has 0 fully saturated rings. The molecule has 0 unspecified atom stereocenters. The van der Waals surface area contributed by atoms with Crippen molar-refractivity contribution in [1.29, 1.82) is 0 Å². The molecule has 0 saturated carbocycles. The van der Waals surface area contributed by atoms with E-state index in [2.05, 4.69) is 38.8 Å². The highest BCUT2D eigenvalue weighted by Gasteiger charge is 1.94. The Bertz CT molecular complexity index is 188. The molecule has 0 spiro atoms. The van der Waals surface area contributed by atoms with E-state index >= 15 is 0 Å². The monoisotopic (exact) mass is 380 g/mol. The lowest BCUT2D eigenvalue weighted by Crippen LogP contribution is -1.82. The van der Waals surface area contributed by atoms with Crippen molar-refractivity contribution in [1.82, 2.24) is 0 Å². The smallest absolute Gasteiger partial charge is 0.00197 e. The van der Waals surface area contributed by atoms with Gasteiger partial charge < -0.3 is 0 Å². The molecular weight excluding hydrogens is 352 g/mol. The zero-order valence-corrected chi connectivity index (χ0v) is 15.2. The van der Waals surface area contributed by atoms with Gasteiger partial charge in [0.25, 0.3) is 0 Å². The van der Waals surface area contributed by atoms with Crippen LogP contribution in [0.4, 0.5) is 0 Å². The summed E-state index contributed by atoms with van der Waals surface area (Å²) in [5.41, 5.74) is 0. The molecule has 0 heterocycles. The van der Waals surface area contributed by atoms with E-state index in [1.165, 1.54) is 88.0 Å². The molecule has 0 atom stereocenters. The highest BCUT2D eigenvalue weighted by atomic mass is 79.9. The van der Waals surface area contributed by atoms with Gasteiger partial charge in [0.05, 0.1) is 0 Å². The van der Waals surface area contributed by atoms with Crippen LogP contribution in [0.25, 0.3) is 0 Å². The fourth-order valence-corrected chi connectivity index (χ4v) is 2.70. The molecule has 0 aliphatic carbocycles. The average Bonchev–Trinajstić information content (AvgIpc) is 2.39. The summed E-state index contributed by atoms with van der Waals surface area (Å²) >= 11 is 6.86. The van der Waals surface area contributed by atoms with Crippen LogP contribution in [-0.4, -0.2) is 0 Å². The molecule has 18 heavy (non-hydrogen) atoms. The van der Waals surface area contributed by atoms with E-state index in [1.54, 1.807) is 0 Å². The van der Waals surface area contributed by atoms with Crippen molar-refractivity contribution in [3.63, 3.8) is 0 Å². The molecule has 2 heteroatoms. The highest BCUT2D eigenvalue weighted by Crippen LogP contribution is 2.18. The second kappa shape index (κ2) is 15.8. The summed E-state index contributed by atoms with van der Waals surface area (Å²) in [7, 11) is 0. The molecule has 0 N–H and O–H groups in total. The Morgan fingerprint density at radius 2 is 1.11 bits per heavy atom. The lowest BCUT2D eigenvalue weighted by Gasteiger charge is -2.02. The maximum absolute atomic E-state index is 3.52. The Balaban J connectivity index is 2.99. The van der Waals surface area contributed by atoms with Crippen LogP contribution in [0.1, 0.15) is 90.4 Å². The number of hydrogen-bond donors (Lipinski definition) is 0. The van der Waals surface area contributed by atoms with E-state index < -0.39 is 0 Å². The molecule has 0 saturated heterocycles. The molecule has 0 bridgehead atoms. The van der Waals surface area contributed by atoms with Crippen molar-refractivity contribution >= 4 is 31.9 Å². The maximum atomic E-state index is 3.52. The van der Waals surface area contributed by atoms with Gasteiger partial charge in [-0.15, -0.1) is 0 Å². The van der Waals surface area contributed by atoms with Gasteiger partial charge in [0, 0.05) is 4.48 Å². The summed E-state index contributed by atoms with van der Waals surface area (Å²) in [4.78, 5) is 1.98. The van der Waals surface area contributed by atoms with Gasteiger partial charge >= 0.3 is 0 Å². The van der Waals surface area contributed by atoms with Crippen molar-refractivity contribution in [2.45, 2.75) is 90.4 Å². The van der Waals surface area contributed by atoms with Crippen LogP contribution in [0, 0.1) is 0 Å². The van der Waals surface area contributed by atoms with Crippen LogP contribution in [0.2, 0.25) is 0 Å². The predicted octanol–water partition coefficient (Wildman–Crippen LogP) is 7.71. The Hall–Kier alpha value is 0.700. The molecule has 0 aliphatic rings. The predicted molar refractivity (Wildman–Crippen MR) is 91.6 cm³/mol. The molecule has 0 aromatic heterocycles. The number of hydrogen-bond acceptors (Lipinski definition) is 0. The lowest BCUT2D eigenvalue weighted by molar-refractivity contribution is 0.544. The second-order valence-electron chi connectivity index (χ2n) is 5.20. The quantitative estimate of drug-likeness (QED) is 0.286. The third-order valence-corrected chi connectivity index (χ3v) is 5.18. The molecule has 0 aliphatic heterocycles. The normalized spacial score (nSPS) is 12.1. The van der Waals surface area contributed by atoms with Gasteiger partial charge in [-0.1, -0.05) is 109 Å². The first kappa shape index (κ1) is 18.7. The maximum Gasteiger partial charge on any atom is 0.00197 e. The van der Waals surface area contributed by atoms with Crippen molar-refractivity contribution < 1.29 is 0 Å². The fraction of sp³-hybridized carbons (Fsp3) is 0.875. The molecule has 0 radical (unpaired) electrons. The Labute approximate surface area is 131 Å². The fourth-order valence-electron chi connectivity index (χ4n) is 2.19. The van der Waals surface area contributed by atoms with Gasteiger partial charge in [-0.2, -0.15) is 0 Å². The summed E-state index contributed by atoms with van der Waals surface area (Å²) in [6.45, 7) is 2.28. The van der Waals surface area contributed by atoms with Gasteiger partial charge in [0.1, 0.15) is 0 Å². The summed E-state index contributed by atoms with van der Waals surface area (Å²) in [6.07, 6.45) is 18.3. The topological polar surface area (TPSA) is 0 Å². The minimum Gasteiger partial charge on any atom is -0.0654 e. The lowest BCUT2D eigenvalue weighted by atomic mass is 10.0. The second-order valence-corrected chi connectivity index (χ2v) is 6.67. The highest BCUT2D eigenvalue weighted by molar-refractivity contribution is 9.14. The van der Waals surface area contributed by atoms with E-state index in [1.807, 2.05) is 4.99 Å². The Kier molecular flexibility index (Phi) is 16.4. The van der Waals surface area contributed by atoms with E-state index in [9.17, 15) is 0 Å². The SMILES string of the molecule is CCCCCCCCCCCCCCC(Br)=CBr. The van der Waals surface area contributed by atoms with E-state index in [0.717, 1.165) is 0 Å². The molecule has 0 nitrogen and oxygen atoms in total. The van der Waals surface area contributed by atoms with Gasteiger partial charge in [0.15, 0.2) is 0 Å². The van der Waals surface area contributed by atoms with Gasteiger partial charge in [-0.3, -0.25) is 0 Å². The number of unbranched alkanes of at least 4 members (excludes halogenated alkanes) is 11. The first-order valence-corrected chi connectivity index (χ1v) is 9.47. The molecule has 0 amide bonds. The van der Waals surface area contributed by atoms with Crippen LogP contribution in [0.3, 0.4) is 0 Å². The summed E-state index contributed by atoms with van der Waals surface area (Å²) in [6, 6.07) is 0.